The molecule has 1 heterocycles. The van der Waals surface area contributed by atoms with Gasteiger partial charge in [0.1, 0.15) is 0 Å². The maximum absolute atomic E-state index is 13.5. The standard InChI is InChI=1S/C19H18F3NO4/c1-25-14-9-13-16(18(27-3)17(14)26-2)11(8-15(24)23-13)10-6-4-5-7-12(10)19(20,21)22/h4-7,9,11H,8H2,1-3H3,(H,23,24)/t11-/m1/s1. The summed E-state index contributed by atoms with van der Waals surface area (Å²) in [6.07, 6.45) is -4.69. The van der Waals surface area contributed by atoms with Gasteiger partial charge in [0.25, 0.3) is 0 Å². The molecule has 5 nitrogen and oxygen atoms in total. The van der Waals surface area contributed by atoms with E-state index >= 15 is 0 Å². The number of carbonyl (C=O) groups is 1. The van der Waals surface area contributed by atoms with Crippen molar-refractivity contribution in [2.75, 3.05) is 26.6 Å². The van der Waals surface area contributed by atoms with Crippen LogP contribution in [0, 0.1) is 0 Å². The number of anilines is 1. The lowest BCUT2D eigenvalue weighted by atomic mass is 9.81. The fourth-order valence-corrected chi connectivity index (χ4v) is 3.44. The fraction of sp³-hybridized carbons (Fsp3) is 0.316. The maximum Gasteiger partial charge on any atom is 0.416 e. The number of fused-ring (bicyclic) bond motifs is 1. The van der Waals surface area contributed by atoms with Crippen molar-refractivity contribution in [3.63, 3.8) is 0 Å². The van der Waals surface area contributed by atoms with Crippen molar-refractivity contribution in [1.29, 1.82) is 0 Å². The number of rotatable bonds is 4. The van der Waals surface area contributed by atoms with Crippen LogP contribution in [-0.4, -0.2) is 27.2 Å². The van der Waals surface area contributed by atoms with E-state index in [4.69, 9.17) is 14.2 Å². The highest BCUT2D eigenvalue weighted by Crippen LogP contribution is 2.52. The zero-order valence-corrected chi connectivity index (χ0v) is 14.9. The number of alkyl halides is 3. The molecule has 0 bridgehead atoms. The largest absolute Gasteiger partial charge is 0.493 e. The number of amides is 1. The third-order valence-corrected chi connectivity index (χ3v) is 4.52. The number of ether oxygens (including phenoxy) is 3. The van der Waals surface area contributed by atoms with Gasteiger partial charge < -0.3 is 19.5 Å². The van der Waals surface area contributed by atoms with Gasteiger partial charge in [0.05, 0.1) is 32.6 Å². The Morgan fingerprint density at radius 3 is 2.30 bits per heavy atom. The second-order valence-corrected chi connectivity index (χ2v) is 6.00. The van der Waals surface area contributed by atoms with Crippen LogP contribution in [0.5, 0.6) is 17.2 Å². The predicted molar refractivity (Wildman–Crippen MR) is 92.6 cm³/mol. The number of halogens is 3. The molecular weight excluding hydrogens is 363 g/mol. The van der Waals surface area contributed by atoms with Crippen LogP contribution in [0.4, 0.5) is 18.9 Å². The predicted octanol–water partition coefficient (Wildman–Crippen LogP) is 4.21. The van der Waals surface area contributed by atoms with Gasteiger partial charge in [-0.15, -0.1) is 0 Å². The van der Waals surface area contributed by atoms with E-state index < -0.39 is 23.6 Å². The third-order valence-electron chi connectivity index (χ3n) is 4.52. The molecule has 0 aliphatic carbocycles. The molecule has 0 saturated heterocycles. The van der Waals surface area contributed by atoms with Crippen molar-refractivity contribution in [3.8, 4) is 17.2 Å². The van der Waals surface area contributed by atoms with E-state index in [9.17, 15) is 18.0 Å². The molecule has 0 saturated carbocycles. The van der Waals surface area contributed by atoms with Gasteiger partial charge in [-0.1, -0.05) is 18.2 Å². The topological polar surface area (TPSA) is 56.8 Å². The molecule has 1 amide bonds. The zero-order valence-electron chi connectivity index (χ0n) is 14.9. The number of nitrogens with one attached hydrogen (secondary N) is 1. The molecule has 0 unspecified atom stereocenters. The number of hydrogen-bond acceptors (Lipinski definition) is 4. The van der Waals surface area contributed by atoms with Gasteiger partial charge in [-0.05, 0) is 11.6 Å². The lowest BCUT2D eigenvalue weighted by Crippen LogP contribution is -2.26. The Morgan fingerprint density at radius 2 is 1.70 bits per heavy atom. The van der Waals surface area contributed by atoms with E-state index in [-0.39, 0.29) is 23.5 Å². The summed E-state index contributed by atoms with van der Waals surface area (Å²) in [6.45, 7) is 0. The summed E-state index contributed by atoms with van der Waals surface area (Å²) in [5.74, 6) is -0.448. The molecule has 0 fully saturated rings. The molecule has 27 heavy (non-hydrogen) atoms. The summed E-state index contributed by atoms with van der Waals surface area (Å²) in [4.78, 5) is 12.2. The van der Waals surface area contributed by atoms with Gasteiger partial charge >= 0.3 is 6.18 Å². The number of methoxy groups -OCH3 is 3. The van der Waals surface area contributed by atoms with Crippen molar-refractivity contribution in [1.82, 2.24) is 0 Å². The molecule has 0 radical (unpaired) electrons. The molecular formula is C19H18F3NO4. The highest BCUT2D eigenvalue weighted by molar-refractivity contribution is 5.97. The SMILES string of the molecule is COc1cc2c(c(OC)c1OC)[C@@H](c1ccccc1C(F)(F)F)CC(=O)N2. The van der Waals surface area contributed by atoms with Crippen LogP contribution in [0.1, 0.15) is 29.0 Å². The van der Waals surface area contributed by atoms with E-state index in [1.54, 1.807) is 0 Å². The first kappa shape index (κ1) is 18.9. The van der Waals surface area contributed by atoms with E-state index in [1.165, 1.54) is 45.6 Å². The van der Waals surface area contributed by atoms with Gasteiger partial charge in [0.2, 0.25) is 11.7 Å². The lowest BCUT2D eigenvalue weighted by Gasteiger charge is -2.30. The summed E-state index contributed by atoms with van der Waals surface area (Å²) < 4.78 is 56.7. The van der Waals surface area contributed by atoms with E-state index in [1.807, 2.05) is 0 Å². The molecule has 1 aliphatic rings. The molecule has 0 aromatic heterocycles. The molecule has 1 aliphatic heterocycles. The van der Waals surface area contributed by atoms with Gasteiger partial charge in [-0.25, -0.2) is 0 Å². The average Bonchev–Trinajstić information content (AvgIpc) is 2.64. The van der Waals surface area contributed by atoms with Gasteiger partial charge in [-0.2, -0.15) is 13.2 Å². The van der Waals surface area contributed by atoms with Crippen LogP contribution < -0.4 is 19.5 Å². The Kier molecular flexibility index (Phi) is 4.91. The normalized spacial score (nSPS) is 16.4. The minimum absolute atomic E-state index is 0.00613. The van der Waals surface area contributed by atoms with Gasteiger partial charge in [0.15, 0.2) is 11.5 Å². The van der Waals surface area contributed by atoms with Crippen LogP contribution in [-0.2, 0) is 11.0 Å². The van der Waals surface area contributed by atoms with Crippen LogP contribution in [0.25, 0.3) is 0 Å². The molecule has 2 aromatic carbocycles. The zero-order chi connectivity index (χ0) is 19.8. The summed E-state index contributed by atoms with van der Waals surface area (Å²) in [5.41, 5.74) is -0.0201. The quantitative estimate of drug-likeness (QED) is 0.862. The smallest absolute Gasteiger partial charge is 0.416 e. The van der Waals surface area contributed by atoms with Crippen LogP contribution in [0.15, 0.2) is 30.3 Å². The Labute approximate surface area is 154 Å². The highest BCUT2D eigenvalue weighted by atomic mass is 19.4. The lowest BCUT2D eigenvalue weighted by molar-refractivity contribution is -0.138. The Hall–Kier alpha value is -2.90. The first-order chi connectivity index (χ1) is 12.8. The highest BCUT2D eigenvalue weighted by Gasteiger charge is 2.39. The Balaban J connectivity index is 2.30. The Bertz CT molecular complexity index is 880. The second-order valence-electron chi connectivity index (χ2n) is 6.00. The summed E-state index contributed by atoms with van der Waals surface area (Å²) in [5, 5.41) is 2.68. The van der Waals surface area contributed by atoms with E-state index in [0.717, 1.165) is 6.07 Å². The first-order valence-electron chi connectivity index (χ1n) is 8.10. The summed E-state index contributed by atoms with van der Waals surface area (Å²) in [7, 11) is 4.22. The molecule has 144 valence electrons. The third kappa shape index (κ3) is 3.27. The molecule has 3 rings (SSSR count). The second kappa shape index (κ2) is 7.02. The fourth-order valence-electron chi connectivity index (χ4n) is 3.44. The summed E-state index contributed by atoms with van der Waals surface area (Å²) in [6, 6.07) is 6.75. The number of carbonyl (C=O) groups excluding carboxylic acids is 1. The number of benzene rings is 2. The molecule has 8 heteroatoms. The van der Waals surface area contributed by atoms with Crippen LogP contribution in [0.3, 0.4) is 0 Å². The van der Waals surface area contributed by atoms with Crippen molar-refractivity contribution in [2.24, 2.45) is 0 Å². The molecule has 0 spiro atoms. The Morgan fingerprint density at radius 1 is 1.04 bits per heavy atom. The van der Waals surface area contributed by atoms with Crippen molar-refractivity contribution >= 4 is 11.6 Å². The van der Waals surface area contributed by atoms with Crippen molar-refractivity contribution < 1.29 is 32.2 Å². The first-order valence-corrected chi connectivity index (χ1v) is 8.10. The van der Waals surface area contributed by atoms with E-state index in [2.05, 4.69) is 5.32 Å². The van der Waals surface area contributed by atoms with Crippen molar-refractivity contribution in [2.45, 2.75) is 18.5 Å². The van der Waals surface area contributed by atoms with E-state index in [0.29, 0.717) is 17.0 Å². The number of hydrogen-bond donors (Lipinski definition) is 1. The summed E-state index contributed by atoms with van der Waals surface area (Å²) >= 11 is 0. The van der Waals surface area contributed by atoms with Gasteiger partial charge in [-0.3, -0.25) is 4.79 Å². The van der Waals surface area contributed by atoms with Crippen LogP contribution >= 0.6 is 0 Å². The minimum atomic E-state index is -4.55. The van der Waals surface area contributed by atoms with Crippen LogP contribution in [0.2, 0.25) is 0 Å². The molecule has 1 atom stereocenters. The maximum atomic E-state index is 13.5. The average molecular weight is 381 g/mol. The van der Waals surface area contributed by atoms with Crippen molar-refractivity contribution in [3.05, 3.63) is 47.0 Å². The minimum Gasteiger partial charge on any atom is -0.493 e. The monoisotopic (exact) mass is 381 g/mol. The van der Waals surface area contributed by atoms with Gasteiger partial charge in [0, 0.05) is 24.0 Å². The molecule has 2 aromatic rings. The molecule has 1 N–H and O–H groups in total.